The van der Waals surface area contributed by atoms with Gasteiger partial charge in [-0.15, -0.1) is 0 Å². The van der Waals surface area contributed by atoms with Crippen LogP contribution in [-0.2, 0) is 9.84 Å². The van der Waals surface area contributed by atoms with E-state index in [9.17, 15) is 8.42 Å². The predicted molar refractivity (Wildman–Crippen MR) is 80.9 cm³/mol. The molecule has 1 aliphatic carbocycles. The van der Waals surface area contributed by atoms with E-state index in [-0.39, 0.29) is 11.1 Å². The third kappa shape index (κ3) is 2.34. The molecule has 1 aromatic heterocycles. The molecule has 3 rings (SSSR count). The number of hydrogen-bond donors (Lipinski definition) is 1. The van der Waals surface area contributed by atoms with Crippen molar-refractivity contribution >= 4 is 44.0 Å². The molecule has 1 unspecified atom stereocenters. The van der Waals surface area contributed by atoms with Crippen molar-refractivity contribution < 1.29 is 8.42 Å². The van der Waals surface area contributed by atoms with Gasteiger partial charge in [0.25, 0.3) is 0 Å². The number of anilines is 2. The smallest absolute Gasteiger partial charge is 0.187 e. The van der Waals surface area contributed by atoms with Gasteiger partial charge in [-0.05, 0) is 31.3 Å². The van der Waals surface area contributed by atoms with Crippen LogP contribution in [0.2, 0.25) is 0 Å². The summed E-state index contributed by atoms with van der Waals surface area (Å²) in [6.07, 6.45) is 1.50. The van der Waals surface area contributed by atoms with Gasteiger partial charge in [0.1, 0.15) is 9.90 Å². The first-order valence-corrected chi connectivity index (χ1v) is 9.82. The molecule has 0 radical (unpaired) electrons. The van der Waals surface area contributed by atoms with Crippen molar-refractivity contribution in [3.05, 3.63) is 0 Å². The molecule has 0 amide bonds. The molecule has 1 atom stereocenters. The summed E-state index contributed by atoms with van der Waals surface area (Å²) < 4.78 is 29.1. The lowest BCUT2D eigenvalue weighted by molar-refractivity contribution is 0.594. The van der Waals surface area contributed by atoms with Crippen LogP contribution in [0.4, 0.5) is 10.8 Å². The second kappa shape index (κ2) is 4.82. The van der Waals surface area contributed by atoms with Crippen LogP contribution >= 0.6 is 23.3 Å². The Morgan fingerprint density at radius 2 is 2.16 bits per heavy atom. The molecule has 2 N–H and O–H groups in total. The van der Waals surface area contributed by atoms with E-state index in [1.807, 2.05) is 11.8 Å². The van der Waals surface area contributed by atoms with Crippen LogP contribution in [0.25, 0.3) is 0 Å². The Kier molecular flexibility index (Phi) is 3.43. The lowest BCUT2D eigenvalue weighted by Gasteiger charge is -2.34. The standard InChI is InChI=1S/C11H17N3O2S3/c1-7-6-17-5-4-14(7)11-9(10(12)13-18-11)19(15,16)8-2-3-8/h7-8H,2-6H2,1H3,(H2,12,13). The molecule has 2 fully saturated rings. The van der Waals surface area contributed by atoms with Crippen molar-refractivity contribution in [1.29, 1.82) is 0 Å². The number of nitrogens with zero attached hydrogens (tertiary/aromatic N) is 2. The highest BCUT2D eigenvalue weighted by Crippen LogP contribution is 2.43. The summed E-state index contributed by atoms with van der Waals surface area (Å²) >= 11 is 3.12. The highest BCUT2D eigenvalue weighted by atomic mass is 32.2. The average Bonchev–Trinajstić information content (AvgIpc) is 3.14. The van der Waals surface area contributed by atoms with Crippen LogP contribution in [-0.4, -0.2) is 42.1 Å². The fourth-order valence-electron chi connectivity index (χ4n) is 2.31. The fraction of sp³-hybridized carbons (Fsp3) is 0.727. The quantitative estimate of drug-likeness (QED) is 0.912. The van der Waals surface area contributed by atoms with Gasteiger partial charge in [0.15, 0.2) is 15.7 Å². The Labute approximate surface area is 121 Å². The summed E-state index contributed by atoms with van der Waals surface area (Å²) in [6, 6.07) is 0.326. The van der Waals surface area contributed by atoms with Gasteiger partial charge >= 0.3 is 0 Å². The third-order valence-electron chi connectivity index (χ3n) is 3.53. The first-order valence-electron chi connectivity index (χ1n) is 6.35. The molecule has 1 aromatic rings. The molecule has 106 valence electrons. The second-order valence-electron chi connectivity index (χ2n) is 5.06. The summed E-state index contributed by atoms with van der Waals surface area (Å²) in [6.45, 7) is 2.98. The van der Waals surface area contributed by atoms with Crippen molar-refractivity contribution in [1.82, 2.24) is 4.37 Å². The zero-order chi connectivity index (χ0) is 13.6. The summed E-state index contributed by atoms with van der Waals surface area (Å²) in [7, 11) is -3.28. The van der Waals surface area contributed by atoms with E-state index in [0.29, 0.717) is 10.9 Å². The van der Waals surface area contributed by atoms with E-state index in [0.717, 1.165) is 35.9 Å². The molecular formula is C11H17N3O2S3. The number of hydrogen-bond acceptors (Lipinski definition) is 7. The van der Waals surface area contributed by atoms with Gasteiger partial charge in [0.05, 0.1) is 5.25 Å². The molecule has 5 nitrogen and oxygen atoms in total. The van der Waals surface area contributed by atoms with Gasteiger partial charge in [-0.1, -0.05) is 0 Å². The maximum absolute atomic E-state index is 12.5. The van der Waals surface area contributed by atoms with E-state index in [4.69, 9.17) is 5.73 Å². The minimum absolute atomic E-state index is 0.178. The zero-order valence-electron chi connectivity index (χ0n) is 10.7. The number of thioether (sulfide) groups is 1. The molecule has 1 saturated carbocycles. The maximum Gasteiger partial charge on any atom is 0.187 e. The van der Waals surface area contributed by atoms with Crippen LogP contribution in [0.15, 0.2) is 4.90 Å². The van der Waals surface area contributed by atoms with Crippen molar-refractivity contribution in [3.8, 4) is 0 Å². The van der Waals surface area contributed by atoms with Crippen LogP contribution < -0.4 is 10.6 Å². The largest absolute Gasteiger partial charge is 0.382 e. The van der Waals surface area contributed by atoms with E-state index >= 15 is 0 Å². The normalized spacial score (nSPS) is 24.7. The molecule has 0 bridgehead atoms. The predicted octanol–water partition coefficient (Wildman–Crippen LogP) is 1.60. The summed E-state index contributed by atoms with van der Waals surface area (Å²) in [5.74, 6) is 2.21. The van der Waals surface area contributed by atoms with Gasteiger partial charge in [-0.3, -0.25) is 0 Å². The topological polar surface area (TPSA) is 76.3 Å². The third-order valence-corrected chi connectivity index (χ3v) is 8.07. The van der Waals surface area contributed by atoms with Gasteiger partial charge in [-0.2, -0.15) is 16.1 Å². The number of nitrogen functional groups attached to an aromatic ring is 1. The molecular weight excluding hydrogens is 302 g/mol. The molecule has 2 aliphatic rings. The van der Waals surface area contributed by atoms with Crippen molar-refractivity contribution in [2.75, 3.05) is 28.7 Å². The summed E-state index contributed by atoms with van der Waals surface area (Å²) in [4.78, 5) is 2.44. The molecule has 19 heavy (non-hydrogen) atoms. The lowest BCUT2D eigenvalue weighted by atomic mass is 10.3. The molecule has 8 heteroatoms. The first kappa shape index (κ1) is 13.5. The van der Waals surface area contributed by atoms with Crippen LogP contribution in [0, 0.1) is 0 Å². The van der Waals surface area contributed by atoms with Gasteiger partial charge < -0.3 is 10.6 Å². The first-order chi connectivity index (χ1) is 9.01. The number of sulfone groups is 1. The molecule has 2 heterocycles. The van der Waals surface area contributed by atoms with Crippen molar-refractivity contribution in [2.24, 2.45) is 0 Å². The molecule has 0 spiro atoms. The number of rotatable bonds is 3. The summed E-state index contributed by atoms with van der Waals surface area (Å²) in [5, 5.41) is 0.511. The van der Waals surface area contributed by atoms with Crippen LogP contribution in [0.5, 0.6) is 0 Å². The van der Waals surface area contributed by atoms with E-state index in [2.05, 4.69) is 16.2 Å². The van der Waals surface area contributed by atoms with Crippen LogP contribution in [0.1, 0.15) is 19.8 Å². The lowest BCUT2D eigenvalue weighted by Crippen LogP contribution is -2.40. The van der Waals surface area contributed by atoms with Crippen molar-refractivity contribution in [2.45, 2.75) is 36.0 Å². The van der Waals surface area contributed by atoms with Crippen molar-refractivity contribution in [3.63, 3.8) is 0 Å². The van der Waals surface area contributed by atoms with E-state index < -0.39 is 9.84 Å². The van der Waals surface area contributed by atoms with Crippen LogP contribution in [0.3, 0.4) is 0 Å². The SMILES string of the molecule is CC1CSCCN1c1snc(N)c1S(=O)(=O)C1CC1. The van der Waals surface area contributed by atoms with Gasteiger partial charge in [-0.25, -0.2) is 8.42 Å². The average molecular weight is 319 g/mol. The Hall–Kier alpha value is -0.470. The second-order valence-corrected chi connectivity index (χ2v) is 9.13. The fourth-order valence-corrected chi connectivity index (χ4v) is 6.47. The minimum Gasteiger partial charge on any atom is -0.382 e. The molecule has 0 aromatic carbocycles. The Morgan fingerprint density at radius 3 is 2.79 bits per heavy atom. The Morgan fingerprint density at radius 1 is 1.42 bits per heavy atom. The number of nitrogens with two attached hydrogens (primary N) is 1. The minimum atomic E-state index is -3.28. The highest BCUT2D eigenvalue weighted by Gasteiger charge is 2.42. The maximum atomic E-state index is 12.5. The molecule has 1 saturated heterocycles. The van der Waals surface area contributed by atoms with Gasteiger partial charge in [0.2, 0.25) is 0 Å². The monoisotopic (exact) mass is 319 g/mol. The highest BCUT2D eigenvalue weighted by molar-refractivity contribution is 7.99. The number of aromatic nitrogens is 1. The van der Waals surface area contributed by atoms with Gasteiger partial charge in [0, 0.05) is 24.1 Å². The summed E-state index contributed by atoms with van der Waals surface area (Å²) in [5.41, 5.74) is 5.83. The zero-order valence-corrected chi connectivity index (χ0v) is 13.2. The Balaban J connectivity index is 2.03. The molecule has 1 aliphatic heterocycles. The van der Waals surface area contributed by atoms with E-state index in [1.165, 1.54) is 11.5 Å². The Bertz CT molecular complexity index is 580. The van der Waals surface area contributed by atoms with E-state index in [1.54, 1.807) is 0 Å².